The molecule has 1 heterocycles. The van der Waals surface area contributed by atoms with Gasteiger partial charge < -0.3 is 14.7 Å². The van der Waals surface area contributed by atoms with E-state index in [2.05, 4.69) is 4.90 Å². The lowest BCUT2D eigenvalue weighted by molar-refractivity contribution is -0.138. The normalized spacial score (nSPS) is 25.6. The highest BCUT2D eigenvalue weighted by molar-refractivity contribution is 5.66. The Morgan fingerprint density at radius 2 is 2.50 bits per heavy atom. The van der Waals surface area contributed by atoms with Crippen molar-refractivity contribution in [3.05, 3.63) is 0 Å². The molecule has 1 aliphatic heterocycles. The maximum absolute atomic E-state index is 10.3. The van der Waals surface area contributed by atoms with Gasteiger partial charge in [0.1, 0.15) is 0 Å². The predicted molar refractivity (Wildman–Crippen MR) is 44.1 cm³/mol. The smallest absolute Gasteiger partial charge is 0.303 e. The maximum Gasteiger partial charge on any atom is 0.303 e. The molecule has 0 radical (unpaired) electrons. The summed E-state index contributed by atoms with van der Waals surface area (Å²) in [6.07, 6.45) is 0.942. The summed E-state index contributed by atoms with van der Waals surface area (Å²) in [5, 5.41) is 8.44. The van der Waals surface area contributed by atoms with Crippen LogP contribution < -0.4 is 0 Å². The number of ether oxygens (including phenoxy) is 1. The average Bonchev–Trinajstić information content (AvgIpc) is 2.01. The number of carboxylic acid groups (broad SMARTS) is 1. The first-order chi connectivity index (χ1) is 5.68. The van der Waals surface area contributed by atoms with Gasteiger partial charge in [0.25, 0.3) is 0 Å². The summed E-state index contributed by atoms with van der Waals surface area (Å²) in [6, 6.07) is 0. The van der Waals surface area contributed by atoms with Crippen LogP contribution in [0.5, 0.6) is 0 Å². The van der Waals surface area contributed by atoms with Crippen molar-refractivity contribution in [2.24, 2.45) is 0 Å². The van der Waals surface area contributed by atoms with Crippen molar-refractivity contribution in [2.75, 3.05) is 26.7 Å². The van der Waals surface area contributed by atoms with Crippen LogP contribution in [0.1, 0.15) is 12.8 Å². The molecule has 0 aliphatic carbocycles. The molecule has 0 amide bonds. The molecule has 0 aromatic carbocycles. The molecule has 0 unspecified atom stereocenters. The third kappa shape index (κ3) is 3.19. The number of rotatable bonds is 3. The topological polar surface area (TPSA) is 49.8 Å². The Bertz CT molecular complexity index is 160. The predicted octanol–water partition coefficient (Wildman–Crippen LogP) is 0.182. The molecule has 4 heteroatoms. The Morgan fingerprint density at radius 3 is 3.08 bits per heavy atom. The van der Waals surface area contributed by atoms with Gasteiger partial charge in [-0.05, 0) is 13.5 Å². The number of nitrogens with zero attached hydrogens (tertiary/aromatic N) is 1. The van der Waals surface area contributed by atoms with Gasteiger partial charge in [0, 0.05) is 19.5 Å². The van der Waals surface area contributed by atoms with Crippen LogP contribution in [0.2, 0.25) is 0 Å². The molecule has 1 N–H and O–H groups in total. The molecule has 0 saturated carbocycles. The van der Waals surface area contributed by atoms with E-state index in [0.29, 0.717) is 6.42 Å². The third-order valence-corrected chi connectivity index (χ3v) is 2.02. The van der Waals surface area contributed by atoms with Crippen molar-refractivity contribution in [1.82, 2.24) is 4.90 Å². The van der Waals surface area contributed by atoms with Crippen molar-refractivity contribution >= 4 is 5.97 Å². The highest BCUT2D eigenvalue weighted by Crippen LogP contribution is 2.08. The monoisotopic (exact) mass is 173 g/mol. The quantitative estimate of drug-likeness (QED) is 0.661. The molecule has 1 atom stereocenters. The van der Waals surface area contributed by atoms with Gasteiger partial charge in [-0.3, -0.25) is 4.79 Å². The van der Waals surface area contributed by atoms with Crippen LogP contribution in [-0.4, -0.2) is 48.8 Å². The van der Waals surface area contributed by atoms with Gasteiger partial charge in [0.05, 0.1) is 12.7 Å². The minimum absolute atomic E-state index is 0.111. The van der Waals surface area contributed by atoms with Crippen molar-refractivity contribution in [3.8, 4) is 0 Å². The molecule has 0 bridgehead atoms. The number of carbonyl (C=O) groups is 1. The first-order valence-corrected chi connectivity index (χ1v) is 4.20. The van der Waals surface area contributed by atoms with E-state index >= 15 is 0 Å². The molecule has 1 fully saturated rings. The SMILES string of the molecule is CN1CCO[C@@H](CCC(=O)O)C1. The van der Waals surface area contributed by atoms with Crippen molar-refractivity contribution in [1.29, 1.82) is 0 Å². The van der Waals surface area contributed by atoms with E-state index in [1.807, 2.05) is 7.05 Å². The molecule has 0 aromatic rings. The molecule has 0 spiro atoms. The zero-order chi connectivity index (χ0) is 8.97. The summed E-state index contributed by atoms with van der Waals surface area (Å²) in [4.78, 5) is 12.4. The second-order valence-corrected chi connectivity index (χ2v) is 3.19. The minimum Gasteiger partial charge on any atom is -0.481 e. The molecule has 1 aliphatic rings. The highest BCUT2D eigenvalue weighted by atomic mass is 16.5. The standard InChI is InChI=1S/C8H15NO3/c1-9-4-5-12-7(6-9)2-3-8(10)11/h7H,2-6H2,1H3,(H,10,11)/t7-/m0/s1. The second-order valence-electron chi connectivity index (χ2n) is 3.19. The number of aliphatic carboxylic acids is 1. The molecular weight excluding hydrogens is 158 g/mol. The summed E-state index contributed by atoms with van der Waals surface area (Å²) >= 11 is 0. The van der Waals surface area contributed by atoms with E-state index in [-0.39, 0.29) is 12.5 Å². The lowest BCUT2D eigenvalue weighted by Gasteiger charge is -2.29. The fourth-order valence-electron chi connectivity index (χ4n) is 1.33. The lowest BCUT2D eigenvalue weighted by atomic mass is 10.1. The fraction of sp³-hybridized carbons (Fsp3) is 0.875. The van der Waals surface area contributed by atoms with Crippen LogP contribution in [0.3, 0.4) is 0 Å². The molecule has 70 valence electrons. The zero-order valence-electron chi connectivity index (χ0n) is 7.32. The van der Waals surface area contributed by atoms with Gasteiger partial charge in [-0.25, -0.2) is 0 Å². The van der Waals surface area contributed by atoms with Gasteiger partial charge in [0.15, 0.2) is 0 Å². The molecule has 12 heavy (non-hydrogen) atoms. The molecule has 1 rings (SSSR count). The first-order valence-electron chi connectivity index (χ1n) is 4.20. The van der Waals surface area contributed by atoms with Crippen LogP contribution in [0.15, 0.2) is 0 Å². The number of carboxylic acids is 1. The Morgan fingerprint density at radius 1 is 1.75 bits per heavy atom. The number of likely N-dealkylation sites (N-methyl/N-ethyl adjacent to an activating group) is 1. The van der Waals surface area contributed by atoms with Crippen LogP contribution in [0.25, 0.3) is 0 Å². The van der Waals surface area contributed by atoms with Crippen LogP contribution in [-0.2, 0) is 9.53 Å². The molecule has 1 saturated heterocycles. The average molecular weight is 173 g/mol. The van der Waals surface area contributed by atoms with E-state index in [9.17, 15) is 4.79 Å². The molecule has 4 nitrogen and oxygen atoms in total. The maximum atomic E-state index is 10.3. The van der Waals surface area contributed by atoms with Gasteiger partial charge in [-0.15, -0.1) is 0 Å². The Kier molecular flexibility index (Phi) is 3.49. The first kappa shape index (κ1) is 9.48. The molecular formula is C8H15NO3. The summed E-state index contributed by atoms with van der Waals surface area (Å²) in [5.74, 6) is -0.744. The van der Waals surface area contributed by atoms with Gasteiger partial charge in [-0.1, -0.05) is 0 Å². The molecule has 0 aromatic heterocycles. The second kappa shape index (κ2) is 4.42. The summed E-state index contributed by atoms with van der Waals surface area (Å²) in [7, 11) is 2.02. The van der Waals surface area contributed by atoms with E-state index < -0.39 is 5.97 Å². The highest BCUT2D eigenvalue weighted by Gasteiger charge is 2.17. The fourth-order valence-corrected chi connectivity index (χ4v) is 1.33. The third-order valence-electron chi connectivity index (χ3n) is 2.02. The van der Waals surface area contributed by atoms with Crippen molar-refractivity contribution in [2.45, 2.75) is 18.9 Å². The Balaban J connectivity index is 2.18. The number of hydrogen-bond donors (Lipinski definition) is 1. The van der Waals surface area contributed by atoms with Crippen molar-refractivity contribution < 1.29 is 14.6 Å². The minimum atomic E-state index is -0.744. The Hall–Kier alpha value is -0.610. The van der Waals surface area contributed by atoms with Crippen LogP contribution in [0, 0.1) is 0 Å². The number of morpholine rings is 1. The van der Waals surface area contributed by atoms with Crippen molar-refractivity contribution in [3.63, 3.8) is 0 Å². The summed E-state index contributed by atoms with van der Waals surface area (Å²) < 4.78 is 5.39. The Labute approximate surface area is 72.1 Å². The van der Waals surface area contributed by atoms with E-state index in [1.54, 1.807) is 0 Å². The van der Waals surface area contributed by atoms with E-state index in [1.165, 1.54) is 0 Å². The summed E-state index contributed by atoms with van der Waals surface area (Å²) in [6.45, 7) is 2.53. The van der Waals surface area contributed by atoms with Crippen LogP contribution >= 0.6 is 0 Å². The number of hydrogen-bond acceptors (Lipinski definition) is 3. The van der Waals surface area contributed by atoms with E-state index in [0.717, 1.165) is 19.7 Å². The van der Waals surface area contributed by atoms with E-state index in [4.69, 9.17) is 9.84 Å². The van der Waals surface area contributed by atoms with Gasteiger partial charge in [0.2, 0.25) is 0 Å². The van der Waals surface area contributed by atoms with Gasteiger partial charge in [-0.2, -0.15) is 0 Å². The van der Waals surface area contributed by atoms with Gasteiger partial charge >= 0.3 is 5.97 Å². The summed E-state index contributed by atoms with van der Waals surface area (Å²) in [5.41, 5.74) is 0. The van der Waals surface area contributed by atoms with Crippen LogP contribution in [0.4, 0.5) is 0 Å². The zero-order valence-corrected chi connectivity index (χ0v) is 7.32. The largest absolute Gasteiger partial charge is 0.481 e. The lowest BCUT2D eigenvalue weighted by Crippen LogP contribution is -2.40.